The number of urea groups is 1. The van der Waals surface area contributed by atoms with E-state index in [4.69, 9.17) is 9.47 Å². The van der Waals surface area contributed by atoms with Gasteiger partial charge in [-0.1, -0.05) is 34.5 Å². The number of ether oxygens (including phenoxy) is 2. The van der Waals surface area contributed by atoms with Crippen LogP contribution in [0.2, 0.25) is 0 Å². The molecule has 1 saturated heterocycles. The molecular formula is C29H34BrN3O5S. The minimum Gasteiger partial charge on any atom is -0.493 e. The van der Waals surface area contributed by atoms with Crippen molar-refractivity contribution in [1.82, 2.24) is 9.21 Å². The van der Waals surface area contributed by atoms with E-state index < -0.39 is 16.1 Å². The number of sulfonamides is 1. The summed E-state index contributed by atoms with van der Waals surface area (Å²) in [5.74, 6) is 1.25. The fraction of sp³-hybridized carbons (Fsp3) is 0.345. The smallest absolute Gasteiger partial charge is 0.321 e. The van der Waals surface area contributed by atoms with Crippen LogP contribution >= 0.6 is 15.9 Å². The Morgan fingerprint density at radius 3 is 2.26 bits per heavy atom. The minimum absolute atomic E-state index is 0.106. The molecule has 39 heavy (non-hydrogen) atoms. The molecule has 8 nitrogen and oxygen atoms in total. The summed E-state index contributed by atoms with van der Waals surface area (Å²) in [5.41, 5.74) is 3.43. The Hall–Kier alpha value is -3.08. The number of anilines is 1. The average molecular weight is 617 g/mol. The lowest BCUT2D eigenvalue weighted by Crippen LogP contribution is -2.35. The van der Waals surface area contributed by atoms with Crippen LogP contribution in [0.4, 0.5) is 10.5 Å². The van der Waals surface area contributed by atoms with Crippen LogP contribution in [0.25, 0.3) is 0 Å². The third kappa shape index (κ3) is 6.74. The first-order valence-corrected chi connectivity index (χ1v) is 15.1. The lowest BCUT2D eigenvalue weighted by molar-refractivity contribution is 0.220. The zero-order valence-electron chi connectivity index (χ0n) is 22.7. The fourth-order valence-corrected chi connectivity index (χ4v) is 6.87. The van der Waals surface area contributed by atoms with Crippen LogP contribution < -0.4 is 14.8 Å². The van der Waals surface area contributed by atoms with Crippen LogP contribution in [0.3, 0.4) is 0 Å². The minimum atomic E-state index is -3.72. The second-order valence-electron chi connectivity index (χ2n) is 9.68. The Bertz CT molecular complexity index is 1430. The standard InChI is InChI=1S/C29H34BrN3O5S/c1-20-16-22(30)17-21(2)24(20)19-32(3)29(34)31-25-18-23(39(35,36)33-14-8-5-9-15-33)12-13-26(25)38-28-11-7-6-10-27(28)37-4/h6-7,10-13,16-18H,5,8-9,14-15,19H2,1-4H3,(H,31,34). The van der Waals surface area contributed by atoms with Crippen molar-refractivity contribution in [3.63, 3.8) is 0 Å². The van der Waals surface area contributed by atoms with Crippen molar-refractivity contribution in [1.29, 1.82) is 0 Å². The Morgan fingerprint density at radius 2 is 1.62 bits per heavy atom. The topological polar surface area (TPSA) is 88.2 Å². The number of carbonyl (C=O) groups is 1. The quantitative estimate of drug-likeness (QED) is 0.304. The number of amides is 2. The first-order chi connectivity index (χ1) is 18.6. The largest absolute Gasteiger partial charge is 0.493 e. The molecule has 1 aliphatic rings. The monoisotopic (exact) mass is 615 g/mol. The van der Waals surface area contributed by atoms with Gasteiger partial charge in [-0.2, -0.15) is 4.31 Å². The van der Waals surface area contributed by atoms with Crippen LogP contribution in [-0.2, 0) is 16.6 Å². The number of carbonyl (C=O) groups excluding carboxylic acids is 1. The van der Waals surface area contributed by atoms with Crippen LogP contribution in [0.15, 0.2) is 64.0 Å². The molecule has 1 N–H and O–H groups in total. The van der Waals surface area contributed by atoms with Gasteiger partial charge in [-0.15, -0.1) is 0 Å². The van der Waals surface area contributed by atoms with Crippen molar-refractivity contribution in [3.05, 3.63) is 75.8 Å². The van der Waals surface area contributed by atoms with Gasteiger partial charge < -0.3 is 19.7 Å². The first-order valence-electron chi connectivity index (χ1n) is 12.8. The summed E-state index contributed by atoms with van der Waals surface area (Å²) in [6.07, 6.45) is 2.68. The maximum atomic E-state index is 13.4. The van der Waals surface area contributed by atoms with Crippen molar-refractivity contribution >= 4 is 37.7 Å². The molecule has 0 saturated carbocycles. The van der Waals surface area contributed by atoms with Crippen LogP contribution in [-0.4, -0.2) is 50.9 Å². The molecule has 3 aromatic carbocycles. The van der Waals surface area contributed by atoms with Crippen LogP contribution in [0.5, 0.6) is 17.2 Å². The number of halogens is 1. The van der Waals surface area contributed by atoms with E-state index in [9.17, 15) is 13.2 Å². The van der Waals surface area contributed by atoms with Gasteiger partial charge in [-0.25, -0.2) is 13.2 Å². The number of nitrogens with zero attached hydrogens (tertiary/aromatic N) is 2. The second-order valence-corrected chi connectivity index (χ2v) is 12.5. The van der Waals surface area contributed by atoms with Gasteiger partial charge in [-0.05, 0) is 85.8 Å². The lowest BCUT2D eigenvalue weighted by Gasteiger charge is -2.26. The van der Waals surface area contributed by atoms with Gasteiger partial charge in [0.05, 0.1) is 17.7 Å². The number of aryl methyl sites for hydroxylation is 2. The molecule has 0 aliphatic carbocycles. The highest BCUT2D eigenvalue weighted by Gasteiger charge is 2.27. The summed E-state index contributed by atoms with van der Waals surface area (Å²) in [5, 5.41) is 2.88. The van der Waals surface area contributed by atoms with E-state index in [1.165, 1.54) is 16.4 Å². The van der Waals surface area contributed by atoms with Crippen molar-refractivity contribution in [2.45, 2.75) is 44.6 Å². The molecule has 3 aromatic rings. The molecule has 0 spiro atoms. The van der Waals surface area contributed by atoms with E-state index >= 15 is 0 Å². The summed E-state index contributed by atoms with van der Waals surface area (Å²) in [6, 6.07) is 15.3. The third-order valence-corrected chi connectivity index (χ3v) is 9.19. The summed E-state index contributed by atoms with van der Waals surface area (Å²) in [4.78, 5) is 15.0. The van der Waals surface area contributed by atoms with Crippen LogP contribution in [0, 0.1) is 13.8 Å². The van der Waals surface area contributed by atoms with Crippen molar-refractivity contribution in [3.8, 4) is 17.2 Å². The van der Waals surface area contributed by atoms with E-state index in [0.717, 1.165) is 40.4 Å². The molecule has 1 heterocycles. The Morgan fingerprint density at radius 1 is 0.974 bits per heavy atom. The number of nitrogens with one attached hydrogen (secondary N) is 1. The zero-order valence-corrected chi connectivity index (χ0v) is 25.1. The van der Waals surface area contributed by atoms with E-state index in [1.807, 2.05) is 38.1 Å². The maximum absolute atomic E-state index is 13.4. The molecule has 208 valence electrons. The normalized spacial score (nSPS) is 14.1. The molecule has 0 radical (unpaired) electrons. The van der Waals surface area contributed by atoms with Gasteiger partial charge in [0, 0.05) is 31.2 Å². The number of hydrogen-bond acceptors (Lipinski definition) is 5. The number of para-hydroxylation sites is 2. The number of piperidine rings is 1. The Labute approximate surface area is 239 Å². The van der Waals surface area contributed by atoms with Gasteiger partial charge in [-0.3, -0.25) is 0 Å². The number of benzene rings is 3. The summed E-state index contributed by atoms with van der Waals surface area (Å²) in [7, 11) is -0.482. The van der Waals surface area contributed by atoms with Crippen molar-refractivity contribution < 1.29 is 22.7 Å². The molecule has 1 aliphatic heterocycles. The van der Waals surface area contributed by atoms with E-state index in [2.05, 4.69) is 21.2 Å². The summed E-state index contributed by atoms with van der Waals surface area (Å²) >= 11 is 3.51. The SMILES string of the molecule is COc1ccccc1Oc1ccc(S(=O)(=O)N2CCCCC2)cc1NC(=O)N(C)Cc1c(C)cc(Br)cc1C. The zero-order chi connectivity index (χ0) is 28.2. The maximum Gasteiger partial charge on any atom is 0.321 e. The average Bonchev–Trinajstić information content (AvgIpc) is 2.92. The summed E-state index contributed by atoms with van der Waals surface area (Å²) in [6.45, 7) is 5.36. The molecule has 2 amide bonds. The lowest BCUT2D eigenvalue weighted by atomic mass is 10.0. The highest BCUT2D eigenvalue weighted by atomic mass is 79.9. The molecule has 0 atom stereocenters. The first kappa shape index (κ1) is 28.9. The predicted octanol–water partition coefficient (Wildman–Crippen LogP) is 6.71. The number of methoxy groups -OCH3 is 1. The highest BCUT2D eigenvalue weighted by molar-refractivity contribution is 9.10. The fourth-order valence-electron chi connectivity index (χ4n) is 4.64. The molecule has 4 rings (SSSR count). The Kier molecular flexibility index (Phi) is 9.19. The van der Waals surface area contributed by atoms with Gasteiger partial charge in [0.25, 0.3) is 0 Å². The van der Waals surface area contributed by atoms with Gasteiger partial charge in [0.1, 0.15) is 0 Å². The predicted molar refractivity (Wildman–Crippen MR) is 156 cm³/mol. The molecule has 0 aromatic heterocycles. The molecular weight excluding hydrogens is 582 g/mol. The molecule has 0 bridgehead atoms. The molecule has 0 unspecified atom stereocenters. The summed E-state index contributed by atoms with van der Waals surface area (Å²) < 4.78 is 40.8. The Balaban J connectivity index is 1.66. The highest BCUT2D eigenvalue weighted by Crippen LogP contribution is 2.37. The van der Waals surface area contributed by atoms with Gasteiger partial charge >= 0.3 is 6.03 Å². The van der Waals surface area contributed by atoms with E-state index in [1.54, 1.807) is 37.3 Å². The van der Waals surface area contributed by atoms with Gasteiger partial charge in [0.15, 0.2) is 17.2 Å². The third-order valence-electron chi connectivity index (χ3n) is 6.84. The second kappa shape index (κ2) is 12.4. The number of rotatable bonds is 8. The molecule has 10 heteroatoms. The number of hydrogen-bond donors (Lipinski definition) is 1. The van der Waals surface area contributed by atoms with E-state index in [0.29, 0.717) is 36.9 Å². The van der Waals surface area contributed by atoms with Crippen molar-refractivity contribution in [2.24, 2.45) is 0 Å². The molecule has 1 fully saturated rings. The van der Waals surface area contributed by atoms with Crippen molar-refractivity contribution in [2.75, 3.05) is 32.6 Å². The van der Waals surface area contributed by atoms with Crippen LogP contribution in [0.1, 0.15) is 36.0 Å². The van der Waals surface area contributed by atoms with Gasteiger partial charge in [0.2, 0.25) is 10.0 Å². The van der Waals surface area contributed by atoms with E-state index in [-0.39, 0.29) is 10.6 Å².